The highest BCUT2D eigenvalue weighted by molar-refractivity contribution is 7.13. The van der Waals surface area contributed by atoms with E-state index in [1.807, 2.05) is 33.9 Å². The zero-order chi connectivity index (χ0) is 12.6. The normalized spacial score (nSPS) is 10.8. The molecule has 2 rings (SSSR count). The average molecular weight is 249 g/mol. The van der Waals surface area contributed by atoms with Crippen LogP contribution in [0.3, 0.4) is 0 Å². The molecular weight excluding hydrogens is 234 g/mol. The third-order valence-electron chi connectivity index (χ3n) is 2.60. The van der Waals surface area contributed by atoms with Crippen LogP contribution in [0.1, 0.15) is 31.8 Å². The molecule has 0 saturated carbocycles. The van der Waals surface area contributed by atoms with E-state index in [0.717, 1.165) is 27.0 Å². The minimum Gasteiger partial charge on any atom is -0.293 e. The summed E-state index contributed by atoms with van der Waals surface area (Å²) in [5, 5.41) is 5.17. The van der Waals surface area contributed by atoms with Gasteiger partial charge in [-0.15, -0.1) is 11.3 Å². The Kier molecular flexibility index (Phi) is 3.11. The maximum atomic E-state index is 12.1. The predicted octanol–water partition coefficient (Wildman–Crippen LogP) is 2.23. The van der Waals surface area contributed by atoms with Crippen molar-refractivity contribution in [3.8, 4) is 0 Å². The Morgan fingerprint density at radius 1 is 1.41 bits per heavy atom. The van der Waals surface area contributed by atoms with Crippen LogP contribution in [0.25, 0.3) is 0 Å². The maximum Gasteiger partial charge on any atom is 0.180 e. The van der Waals surface area contributed by atoms with Gasteiger partial charge in [-0.1, -0.05) is 0 Å². The van der Waals surface area contributed by atoms with Crippen LogP contribution in [0.15, 0.2) is 6.07 Å². The molecule has 0 spiro atoms. The van der Waals surface area contributed by atoms with Crippen LogP contribution in [0, 0.1) is 20.8 Å². The molecule has 0 aromatic carbocycles. The van der Waals surface area contributed by atoms with Gasteiger partial charge < -0.3 is 0 Å². The average Bonchev–Trinajstić information content (AvgIpc) is 2.70. The predicted molar refractivity (Wildman–Crippen MR) is 67.6 cm³/mol. The molecule has 0 aliphatic carbocycles. The van der Waals surface area contributed by atoms with Crippen LogP contribution in [-0.2, 0) is 13.5 Å². The van der Waals surface area contributed by atoms with Crippen molar-refractivity contribution < 1.29 is 4.79 Å². The summed E-state index contributed by atoms with van der Waals surface area (Å²) in [5.74, 6) is 0.121. The van der Waals surface area contributed by atoms with Crippen molar-refractivity contribution >= 4 is 17.1 Å². The Balaban J connectivity index is 2.22. The van der Waals surface area contributed by atoms with Crippen molar-refractivity contribution in [3.05, 3.63) is 33.0 Å². The number of nitrogens with zero attached hydrogens (tertiary/aromatic N) is 3. The number of hydrogen-bond donors (Lipinski definition) is 0. The first-order valence-electron chi connectivity index (χ1n) is 5.44. The first kappa shape index (κ1) is 12.0. The molecule has 90 valence electrons. The van der Waals surface area contributed by atoms with Gasteiger partial charge in [0.15, 0.2) is 5.78 Å². The van der Waals surface area contributed by atoms with E-state index in [1.54, 1.807) is 4.68 Å². The number of carbonyl (C=O) groups excluding carboxylic acids is 1. The first-order valence-corrected chi connectivity index (χ1v) is 6.25. The summed E-state index contributed by atoms with van der Waals surface area (Å²) in [6.45, 7) is 5.73. The molecule has 0 radical (unpaired) electrons. The van der Waals surface area contributed by atoms with Gasteiger partial charge in [0.05, 0.1) is 27.7 Å². The Hall–Kier alpha value is -1.49. The molecule has 2 aromatic rings. The summed E-state index contributed by atoms with van der Waals surface area (Å²) in [6, 6.07) is 1.95. The molecule has 0 aliphatic rings. The van der Waals surface area contributed by atoms with Crippen molar-refractivity contribution in [2.24, 2.45) is 7.05 Å². The van der Waals surface area contributed by atoms with Crippen LogP contribution in [0.5, 0.6) is 0 Å². The summed E-state index contributed by atoms with van der Waals surface area (Å²) in [6.07, 6.45) is 0.389. The molecule has 0 amide bonds. The second-order valence-electron chi connectivity index (χ2n) is 4.15. The minimum atomic E-state index is 0.121. The van der Waals surface area contributed by atoms with E-state index in [0.29, 0.717) is 6.42 Å². The van der Waals surface area contributed by atoms with Crippen molar-refractivity contribution in [2.45, 2.75) is 27.2 Å². The van der Waals surface area contributed by atoms with E-state index >= 15 is 0 Å². The van der Waals surface area contributed by atoms with Crippen molar-refractivity contribution in [1.29, 1.82) is 0 Å². The lowest BCUT2D eigenvalue weighted by atomic mass is 10.1. The lowest BCUT2D eigenvalue weighted by Gasteiger charge is -2.00. The Bertz CT molecular complexity index is 568. The van der Waals surface area contributed by atoms with Gasteiger partial charge in [-0.2, -0.15) is 5.10 Å². The number of carbonyl (C=O) groups is 1. The fourth-order valence-corrected chi connectivity index (χ4v) is 2.72. The molecule has 0 fully saturated rings. The molecule has 0 bridgehead atoms. The highest BCUT2D eigenvalue weighted by atomic mass is 32.1. The van der Waals surface area contributed by atoms with Crippen molar-refractivity contribution in [1.82, 2.24) is 14.8 Å². The number of hydrogen-bond acceptors (Lipinski definition) is 4. The minimum absolute atomic E-state index is 0.121. The molecule has 5 heteroatoms. The van der Waals surface area contributed by atoms with Crippen molar-refractivity contribution in [2.75, 3.05) is 0 Å². The molecule has 17 heavy (non-hydrogen) atoms. The Morgan fingerprint density at radius 3 is 2.59 bits per heavy atom. The fraction of sp³-hybridized carbons (Fsp3) is 0.417. The van der Waals surface area contributed by atoms with E-state index in [-0.39, 0.29) is 5.78 Å². The molecule has 0 unspecified atom stereocenters. The lowest BCUT2D eigenvalue weighted by molar-refractivity contribution is 0.0994. The smallest absolute Gasteiger partial charge is 0.180 e. The second-order valence-corrected chi connectivity index (χ2v) is 5.35. The quantitative estimate of drug-likeness (QED) is 0.784. The molecule has 0 atom stereocenters. The monoisotopic (exact) mass is 249 g/mol. The number of ketones is 1. The molecule has 4 nitrogen and oxygen atoms in total. The van der Waals surface area contributed by atoms with Crippen LogP contribution in [-0.4, -0.2) is 20.5 Å². The maximum absolute atomic E-state index is 12.1. The molecule has 0 aliphatic heterocycles. The van der Waals surface area contributed by atoms with Gasteiger partial charge in [0, 0.05) is 12.7 Å². The summed E-state index contributed by atoms with van der Waals surface area (Å²) in [4.78, 5) is 17.2. The van der Waals surface area contributed by atoms with E-state index in [1.165, 1.54) is 11.3 Å². The molecule has 0 N–H and O–H groups in total. The first-order chi connectivity index (χ1) is 7.97. The van der Waals surface area contributed by atoms with Gasteiger partial charge in [0.1, 0.15) is 0 Å². The van der Waals surface area contributed by atoms with Crippen LogP contribution in [0.2, 0.25) is 0 Å². The van der Waals surface area contributed by atoms with Gasteiger partial charge in [0.2, 0.25) is 0 Å². The van der Waals surface area contributed by atoms with Crippen LogP contribution in [0.4, 0.5) is 0 Å². The Labute approximate surface area is 104 Å². The number of aryl methyl sites for hydroxylation is 4. The van der Waals surface area contributed by atoms with Gasteiger partial charge in [0.25, 0.3) is 0 Å². The summed E-state index contributed by atoms with van der Waals surface area (Å²) >= 11 is 1.46. The number of aromatic nitrogens is 3. The van der Waals surface area contributed by atoms with Gasteiger partial charge in [-0.05, 0) is 26.8 Å². The topological polar surface area (TPSA) is 47.8 Å². The number of rotatable bonds is 3. The third-order valence-corrected chi connectivity index (χ3v) is 3.71. The number of thiazole rings is 1. The van der Waals surface area contributed by atoms with Crippen LogP contribution < -0.4 is 0 Å². The highest BCUT2D eigenvalue weighted by Crippen LogP contribution is 2.19. The zero-order valence-corrected chi connectivity index (χ0v) is 11.3. The number of Topliss-reactive ketones (excluding diaryl/α,β-unsaturated/α-hetero) is 1. The summed E-state index contributed by atoms with van der Waals surface area (Å²) in [7, 11) is 1.86. The lowest BCUT2D eigenvalue weighted by Crippen LogP contribution is -2.07. The Morgan fingerprint density at radius 2 is 2.12 bits per heavy atom. The van der Waals surface area contributed by atoms with E-state index in [9.17, 15) is 4.79 Å². The van der Waals surface area contributed by atoms with Crippen molar-refractivity contribution in [3.63, 3.8) is 0 Å². The van der Waals surface area contributed by atoms with Crippen LogP contribution >= 0.6 is 11.3 Å². The molecular formula is C12H15N3OS. The van der Waals surface area contributed by atoms with E-state index in [4.69, 9.17) is 0 Å². The summed E-state index contributed by atoms with van der Waals surface area (Å²) < 4.78 is 1.76. The third kappa shape index (κ3) is 2.44. The van der Waals surface area contributed by atoms with Gasteiger partial charge >= 0.3 is 0 Å². The molecule has 2 heterocycles. The van der Waals surface area contributed by atoms with E-state index in [2.05, 4.69) is 10.1 Å². The van der Waals surface area contributed by atoms with E-state index < -0.39 is 0 Å². The largest absolute Gasteiger partial charge is 0.293 e. The van der Waals surface area contributed by atoms with Gasteiger partial charge in [-0.25, -0.2) is 4.98 Å². The molecule has 2 aromatic heterocycles. The van der Waals surface area contributed by atoms with Gasteiger partial charge in [-0.3, -0.25) is 9.48 Å². The zero-order valence-electron chi connectivity index (χ0n) is 10.4. The summed E-state index contributed by atoms with van der Waals surface area (Å²) in [5.41, 5.74) is 2.71. The second kappa shape index (κ2) is 4.41. The SMILES string of the molecule is Cc1cc(CC(=O)c2sc(C)nc2C)n(C)n1. The fourth-order valence-electron chi connectivity index (χ4n) is 1.86. The standard InChI is InChI=1S/C12H15N3OS/c1-7-5-10(15(4)14-7)6-11(16)12-8(2)13-9(3)17-12/h5H,6H2,1-4H3. The highest BCUT2D eigenvalue weighted by Gasteiger charge is 2.16. The molecule has 0 saturated heterocycles.